The summed E-state index contributed by atoms with van der Waals surface area (Å²) < 4.78 is 1.93. The fourth-order valence-electron chi connectivity index (χ4n) is 2.66. The molecule has 1 aromatic carbocycles. The second kappa shape index (κ2) is 5.53. The van der Waals surface area contributed by atoms with Crippen molar-refractivity contribution in [3.63, 3.8) is 0 Å². The first-order chi connectivity index (χ1) is 9.33. The molecule has 2 aromatic rings. The van der Waals surface area contributed by atoms with Crippen LogP contribution in [0.1, 0.15) is 18.7 Å². The lowest BCUT2D eigenvalue weighted by Crippen LogP contribution is -2.31. The number of aromatic nitrogens is 3. The molecule has 0 radical (unpaired) electrons. The molecule has 19 heavy (non-hydrogen) atoms. The summed E-state index contributed by atoms with van der Waals surface area (Å²) in [7, 11) is 1.99. The molecule has 4 heteroatoms. The average molecular weight is 256 g/mol. The topological polar surface area (TPSA) is 42.7 Å². The third-order valence-corrected chi connectivity index (χ3v) is 3.76. The lowest BCUT2D eigenvalue weighted by Gasteiger charge is -2.21. The second-order valence-electron chi connectivity index (χ2n) is 5.26. The first kappa shape index (κ1) is 12.4. The summed E-state index contributed by atoms with van der Waals surface area (Å²) in [5, 5.41) is 7.99. The fourth-order valence-corrected chi connectivity index (χ4v) is 2.66. The van der Waals surface area contributed by atoms with Crippen molar-refractivity contribution in [3.8, 4) is 11.4 Å². The predicted octanol–water partition coefficient (Wildman–Crippen LogP) is 2.02. The zero-order valence-electron chi connectivity index (χ0n) is 11.3. The molecule has 0 amide bonds. The van der Waals surface area contributed by atoms with Gasteiger partial charge in [-0.1, -0.05) is 30.3 Å². The van der Waals surface area contributed by atoms with Crippen molar-refractivity contribution in [3.05, 3.63) is 36.2 Å². The minimum absolute atomic E-state index is 0.695. The van der Waals surface area contributed by atoms with Crippen LogP contribution in [0, 0.1) is 5.92 Å². The Morgan fingerprint density at radius 3 is 2.89 bits per heavy atom. The molecule has 1 aliphatic heterocycles. The Morgan fingerprint density at radius 1 is 1.32 bits per heavy atom. The number of nitrogens with zero attached hydrogens (tertiary/aromatic N) is 3. The van der Waals surface area contributed by atoms with Gasteiger partial charge in [-0.2, -0.15) is 5.10 Å². The molecule has 1 fully saturated rings. The molecule has 3 rings (SSSR count). The third-order valence-electron chi connectivity index (χ3n) is 3.76. The summed E-state index contributed by atoms with van der Waals surface area (Å²) in [5.41, 5.74) is 1.09. The zero-order chi connectivity index (χ0) is 13.1. The van der Waals surface area contributed by atoms with Crippen LogP contribution in [-0.2, 0) is 13.5 Å². The first-order valence-electron chi connectivity index (χ1n) is 6.99. The van der Waals surface area contributed by atoms with Crippen LogP contribution < -0.4 is 5.32 Å². The highest BCUT2D eigenvalue weighted by Gasteiger charge is 2.17. The van der Waals surface area contributed by atoms with E-state index in [1.54, 1.807) is 0 Å². The number of hydrogen-bond acceptors (Lipinski definition) is 3. The molecule has 0 spiro atoms. The quantitative estimate of drug-likeness (QED) is 0.913. The van der Waals surface area contributed by atoms with Gasteiger partial charge in [-0.25, -0.2) is 4.98 Å². The Bertz CT molecular complexity index is 526. The summed E-state index contributed by atoms with van der Waals surface area (Å²) in [5.74, 6) is 2.62. The van der Waals surface area contributed by atoms with Gasteiger partial charge in [0, 0.05) is 19.0 Å². The molecule has 1 aliphatic rings. The molecule has 1 atom stereocenters. The van der Waals surface area contributed by atoms with Crippen molar-refractivity contribution in [2.45, 2.75) is 19.3 Å². The van der Waals surface area contributed by atoms with Crippen LogP contribution in [0.3, 0.4) is 0 Å². The highest BCUT2D eigenvalue weighted by molar-refractivity contribution is 5.53. The zero-order valence-corrected chi connectivity index (χ0v) is 11.3. The Hall–Kier alpha value is -1.68. The predicted molar refractivity (Wildman–Crippen MR) is 75.7 cm³/mol. The van der Waals surface area contributed by atoms with E-state index in [1.165, 1.54) is 12.8 Å². The smallest absolute Gasteiger partial charge is 0.181 e. The maximum absolute atomic E-state index is 4.70. The molecule has 1 N–H and O–H groups in total. The van der Waals surface area contributed by atoms with Crippen LogP contribution in [0.5, 0.6) is 0 Å². The van der Waals surface area contributed by atoms with Crippen LogP contribution in [0.15, 0.2) is 30.3 Å². The molecule has 0 saturated carbocycles. The normalized spacial score (nSPS) is 19.5. The van der Waals surface area contributed by atoms with Crippen molar-refractivity contribution in [1.82, 2.24) is 20.1 Å². The molecule has 100 valence electrons. The lowest BCUT2D eigenvalue weighted by molar-refractivity contribution is 0.366. The SMILES string of the molecule is Cn1nc(-c2ccccc2)nc1CC1CCCNC1. The lowest BCUT2D eigenvalue weighted by atomic mass is 9.96. The number of nitrogens with one attached hydrogen (secondary N) is 1. The van der Waals surface area contributed by atoms with E-state index in [1.807, 2.05) is 29.9 Å². The van der Waals surface area contributed by atoms with E-state index in [0.717, 1.165) is 36.7 Å². The van der Waals surface area contributed by atoms with Crippen molar-refractivity contribution in [2.24, 2.45) is 13.0 Å². The summed E-state index contributed by atoms with van der Waals surface area (Å²) in [6, 6.07) is 10.2. The molecule has 4 nitrogen and oxygen atoms in total. The van der Waals surface area contributed by atoms with Crippen LogP contribution in [0.4, 0.5) is 0 Å². The van der Waals surface area contributed by atoms with Gasteiger partial charge in [0.05, 0.1) is 0 Å². The Labute approximate surface area is 113 Å². The molecule has 2 heterocycles. The van der Waals surface area contributed by atoms with E-state index in [-0.39, 0.29) is 0 Å². The van der Waals surface area contributed by atoms with Crippen molar-refractivity contribution >= 4 is 0 Å². The molecule has 0 bridgehead atoms. The van der Waals surface area contributed by atoms with Crippen LogP contribution >= 0.6 is 0 Å². The number of benzene rings is 1. The minimum atomic E-state index is 0.695. The van der Waals surface area contributed by atoms with Gasteiger partial charge in [-0.15, -0.1) is 0 Å². The highest BCUT2D eigenvalue weighted by atomic mass is 15.3. The molecule has 1 saturated heterocycles. The molecule has 1 unspecified atom stereocenters. The molecular formula is C15H20N4. The van der Waals surface area contributed by atoms with Gasteiger partial charge < -0.3 is 5.32 Å². The first-order valence-corrected chi connectivity index (χ1v) is 6.99. The number of piperidine rings is 1. The highest BCUT2D eigenvalue weighted by Crippen LogP contribution is 2.18. The van der Waals surface area contributed by atoms with E-state index in [4.69, 9.17) is 4.98 Å². The van der Waals surface area contributed by atoms with Crippen LogP contribution in [-0.4, -0.2) is 27.9 Å². The standard InChI is InChI=1S/C15H20N4/c1-19-14(10-12-6-5-9-16-11-12)17-15(18-19)13-7-3-2-4-8-13/h2-4,7-8,12,16H,5-6,9-11H2,1H3. The summed E-state index contributed by atoms with van der Waals surface area (Å²) in [6.45, 7) is 2.26. The van der Waals surface area contributed by atoms with Crippen LogP contribution in [0.2, 0.25) is 0 Å². The van der Waals surface area contributed by atoms with Gasteiger partial charge in [0.2, 0.25) is 0 Å². The van der Waals surface area contributed by atoms with E-state index in [0.29, 0.717) is 5.92 Å². The molecule has 0 aliphatic carbocycles. The summed E-state index contributed by atoms with van der Waals surface area (Å²) >= 11 is 0. The van der Waals surface area contributed by atoms with Gasteiger partial charge >= 0.3 is 0 Å². The van der Waals surface area contributed by atoms with Gasteiger partial charge in [-0.05, 0) is 31.8 Å². The maximum atomic E-state index is 4.70. The van der Waals surface area contributed by atoms with Gasteiger partial charge in [0.1, 0.15) is 5.82 Å². The Balaban J connectivity index is 1.77. The monoisotopic (exact) mass is 256 g/mol. The largest absolute Gasteiger partial charge is 0.316 e. The van der Waals surface area contributed by atoms with E-state index in [2.05, 4.69) is 22.5 Å². The second-order valence-corrected chi connectivity index (χ2v) is 5.26. The fraction of sp³-hybridized carbons (Fsp3) is 0.467. The van der Waals surface area contributed by atoms with Crippen molar-refractivity contribution < 1.29 is 0 Å². The molecule has 1 aromatic heterocycles. The third kappa shape index (κ3) is 2.84. The van der Waals surface area contributed by atoms with Crippen molar-refractivity contribution in [2.75, 3.05) is 13.1 Å². The van der Waals surface area contributed by atoms with E-state index in [9.17, 15) is 0 Å². The van der Waals surface area contributed by atoms with E-state index < -0.39 is 0 Å². The summed E-state index contributed by atoms with van der Waals surface area (Å²) in [4.78, 5) is 4.70. The van der Waals surface area contributed by atoms with Crippen molar-refractivity contribution in [1.29, 1.82) is 0 Å². The summed E-state index contributed by atoms with van der Waals surface area (Å²) in [6.07, 6.45) is 3.58. The average Bonchev–Trinajstić information content (AvgIpc) is 2.82. The molecular weight excluding hydrogens is 236 g/mol. The maximum Gasteiger partial charge on any atom is 0.181 e. The van der Waals surface area contributed by atoms with Gasteiger partial charge in [0.15, 0.2) is 5.82 Å². The van der Waals surface area contributed by atoms with Crippen LogP contribution in [0.25, 0.3) is 11.4 Å². The Kier molecular flexibility index (Phi) is 3.60. The number of rotatable bonds is 3. The minimum Gasteiger partial charge on any atom is -0.316 e. The number of hydrogen-bond donors (Lipinski definition) is 1. The Morgan fingerprint density at radius 2 is 2.16 bits per heavy atom. The van der Waals surface area contributed by atoms with Gasteiger partial charge in [-0.3, -0.25) is 4.68 Å². The van der Waals surface area contributed by atoms with Gasteiger partial charge in [0.25, 0.3) is 0 Å². The van der Waals surface area contributed by atoms with E-state index >= 15 is 0 Å². The number of aryl methyl sites for hydroxylation is 1.